The molecule has 0 amide bonds. The van der Waals surface area contributed by atoms with Crippen LogP contribution in [-0.2, 0) is 6.54 Å². The van der Waals surface area contributed by atoms with Gasteiger partial charge in [0.15, 0.2) is 0 Å². The van der Waals surface area contributed by atoms with E-state index in [1.165, 1.54) is 4.90 Å². The lowest BCUT2D eigenvalue weighted by Gasteiger charge is -2.02. The standard InChI is InChI=1S/C10H12N4OS/c1-16-8-4-2-3-7(5-8)12-10-14-13-9(6-11)15-10/h2-5H,6,11H2,1H3,(H,12,14). The minimum atomic E-state index is 0.250. The van der Waals surface area contributed by atoms with Gasteiger partial charge in [0.25, 0.3) is 0 Å². The quantitative estimate of drug-likeness (QED) is 0.790. The summed E-state index contributed by atoms with van der Waals surface area (Å²) in [6.07, 6.45) is 2.03. The zero-order chi connectivity index (χ0) is 11.4. The number of aromatic nitrogens is 2. The highest BCUT2D eigenvalue weighted by molar-refractivity contribution is 7.98. The van der Waals surface area contributed by atoms with E-state index >= 15 is 0 Å². The maximum absolute atomic E-state index is 5.37. The first kappa shape index (κ1) is 11.0. The molecule has 1 heterocycles. The van der Waals surface area contributed by atoms with Crippen LogP contribution in [0.4, 0.5) is 11.7 Å². The topological polar surface area (TPSA) is 77.0 Å². The molecule has 6 heteroatoms. The van der Waals surface area contributed by atoms with Crippen molar-refractivity contribution in [3.8, 4) is 0 Å². The lowest BCUT2D eigenvalue weighted by Crippen LogP contribution is -1.95. The van der Waals surface area contributed by atoms with E-state index in [2.05, 4.69) is 15.5 Å². The SMILES string of the molecule is CSc1cccc(Nc2nnc(CN)o2)c1. The summed E-state index contributed by atoms with van der Waals surface area (Å²) in [5.41, 5.74) is 6.29. The number of anilines is 2. The van der Waals surface area contributed by atoms with Crippen molar-refractivity contribution >= 4 is 23.5 Å². The van der Waals surface area contributed by atoms with Crippen LogP contribution in [0.3, 0.4) is 0 Å². The average molecular weight is 236 g/mol. The third-order valence-electron chi connectivity index (χ3n) is 1.96. The number of thioether (sulfide) groups is 1. The van der Waals surface area contributed by atoms with Gasteiger partial charge in [-0.15, -0.1) is 16.9 Å². The summed E-state index contributed by atoms with van der Waals surface area (Å²) >= 11 is 1.68. The van der Waals surface area contributed by atoms with Gasteiger partial charge in [-0.3, -0.25) is 0 Å². The van der Waals surface area contributed by atoms with Crippen molar-refractivity contribution < 1.29 is 4.42 Å². The molecule has 0 aliphatic rings. The number of nitrogens with two attached hydrogens (primary N) is 1. The van der Waals surface area contributed by atoms with Gasteiger partial charge in [0.05, 0.1) is 6.54 Å². The molecule has 2 aromatic rings. The molecule has 1 aromatic carbocycles. The van der Waals surface area contributed by atoms with Crippen molar-refractivity contribution in [3.05, 3.63) is 30.2 Å². The summed E-state index contributed by atoms with van der Waals surface area (Å²) in [4.78, 5) is 1.17. The van der Waals surface area contributed by atoms with Crippen molar-refractivity contribution in [2.24, 2.45) is 5.73 Å². The molecule has 5 nitrogen and oxygen atoms in total. The van der Waals surface area contributed by atoms with Crippen LogP contribution in [0.15, 0.2) is 33.6 Å². The van der Waals surface area contributed by atoms with Gasteiger partial charge in [0.2, 0.25) is 5.89 Å². The lowest BCUT2D eigenvalue weighted by molar-refractivity contribution is 0.511. The molecule has 16 heavy (non-hydrogen) atoms. The summed E-state index contributed by atoms with van der Waals surface area (Å²) in [6, 6.07) is 8.31. The Hall–Kier alpha value is -1.53. The molecule has 0 bridgehead atoms. The molecule has 0 radical (unpaired) electrons. The summed E-state index contributed by atoms with van der Waals surface area (Å²) in [5.74, 6) is 0.420. The molecule has 1 aromatic heterocycles. The molecule has 0 atom stereocenters. The molecule has 2 rings (SSSR count). The number of nitrogens with zero attached hydrogens (tertiary/aromatic N) is 2. The number of benzene rings is 1. The Balaban J connectivity index is 2.13. The number of hydrogen-bond donors (Lipinski definition) is 2. The van der Waals surface area contributed by atoms with Gasteiger partial charge < -0.3 is 15.5 Å². The van der Waals surface area contributed by atoms with Crippen molar-refractivity contribution in [1.29, 1.82) is 0 Å². The van der Waals surface area contributed by atoms with Crippen LogP contribution in [0.25, 0.3) is 0 Å². The van der Waals surface area contributed by atoms with Crippen LogP contribution in [0.5, 0.6) is 0 Å². The van der Waals surface area contributed by atoms with Crippen LogP contribution in [0.2, 0.25) is 0 Å². The molecule has 0 fully saturated rings. The van der Waals surface area contributed by atoms with Gasteiger partial charge in [-0.25, -0.2) is 0 Å². The minimum absolute atomic E-state index is 0.250. The first-order valence-corrected chi connectivity index (χ1v) is 5.98. The van der Waals surface area contributed by atoms with Gasteiger partial charge in [0.1, 0.15) is 0 Å². The Bertz CT molecular complexity index is 471. The molecule has 0 saturated heterocycles. The van der Waals surface area contributed by atoms with Crippen molar-refractivity contribution in [1.82, 2.24) is 10.2 Å². The van der Waals surface area contributed by atoms with Crippen LogP contribution >= 0.6 is 11.8 Å². The lowest BCUT2D eigenvalue weighted by atomic mass is 10.3. The monoisotopic (exact) mass is 236 g/mol. The summed E-state index contributed by atoms with van der Waals surface area (Å²) in [5, 5.41) is 10.6. The fraction of sp³-hybridized carbons (Fsp3) is 0.200. The maximum Gasteiger partial charge on any atom is 0.320 e. The highest BCUT2D eigenvalue weighted by atomic mass is 32.2. The van der Waals surface area contributed by atoms with E-state index < -0.39 is 0 Å². The Labute approximate surface area is 97.4 Å². The Morgan fingerprint density at radius 3 is 3.00 bits per heavy atom. The zero-order valence-corrected chi connectivity index (χ0v) is 9.62. The fourth-order valence-electron chi connectivity index (χ4n) is 1.21. The van der Waals surface area contributed by atoms with E-state index in [-0.39, 0.29) is 6.54 Å². The molecular weight excluding hydrogens is 224 g/mol. The first-order valence-electron chi connectivity index (χ1n) is 4.75. The predicted molar refractivity (Wildman–Crippen MR) is 63.7 cm³/mol. The molecule has 0 aliphatic carbocycles. The fourth-order valence-corrected chi connectivity index (χ4v) is 1.67. The zero-order valence-electron chi connectivity index (χ0n) is 8.80. The second-order valence-electron chi connectivity index (χ2n) is 3.06. The van der Waals surface area contributed by atoms with E-state index in [0.29, 0.717) is 11.9 Å². The Morgan fingerprint density at radius 1 is 1.44 bits per heavy atom. The van der Waals surface area contributed by atoms with Crippen molar-refractivity contribution in [2.75, 3.05) is 11.6 Å². The van der Waals surface area contributed by atoms with Gasteiger partial charge in [-0.05, 0) is 24.5 Å². The first-order chi connectivity index (χ1) is 7.81. The largest absolute Gasteiger partial charge is 0.406 e. The van der Waals surface area contributed by atoms with Crippen molar-refractivity contribution in [2.45, 2.75) is 11.4 Å². The Kier molecular flexibility index (Phi) is 3.43. The maximum atomic E-state index is 5.37. The highest BCUT2D eigenvalue weighted by Gasteiger charge is 2.04. The van der Waals surface area contributed by atoms with Gasteiger partial charge in [-0.1, -0.05) is 11.2 Å². The average Bonchev–Trinajstić information content (AvgIpc) is 2.77. The third kappa shape index (κ3) is 2.53. The minimum Gasteiger partial charge on any atom is -0.406 e. The Morgan fingerprint density at radius 2 is 2.31 bits per heavy atom. The third-order valence-corrected chi connectivity index (χ3v) is 2.69. The summed E-state index contributed by atoms with van der Waals surface area (Å²) in [6.45, 7) is 0.250. The molecule has 0 aliphatic heterocycles. The molecule has 84 valence electrons. The molecule has 0 saturated carbocycles. The molecular formula is C10H12N4OS. The second-order valence-corrected chi connectivity index (χ2v) is 3.94. The van der Waals surface area contributed by atoms with Gasteiger partial charge in [0, 0.05) is 10.6 Å². The van der Waals surface area contributed by atoms with Gasteiger partial charge >= 0.3 is 6.01 Å². The van der Waals surface area contributed by atoms with Crippen LogP contribution in [0.1, 0.15) is 5.89 Å². The molecule has 0 unspecified atom stereocenters. The van der Waals surface area contributed by atoms with Crippen LogP contribution in [0, 0.1) is 0 Å². The van der Waals surface area contributed by atoms with Crippen LogP contribution in [-0.4, -0.2) is 16.5 Å². The smallest absolute Gasteiger partial charge is 0.320 e. The predicted octanol–water partition coefficient (Wildman–Crippen LogP) is 1.99. The summed E-state index contributed by atoms with van der Waals surface area (Å²) in [7, 11) is 0. The number of rotatable bonds is 4. The van der Waals surface area contributed by atoms with E-state index in [4.69, 9.17) is 10.2 Å². The van der Waals surface area contributed by atoms with Crippen molar-refractivity contribution in [3.63, 3.8) is 0 Å². The van der Waals surface area contributed by atoms with E-state index in [1.807, 2.05) is 30.5 Å². The number of hydrogen-bond acceptors (Lipinski definition) is 6. The van der Waals surface area contributed by atoms with Crippen LogP contribution < -0.4 is 11.1 Å². The van der Waals surface area contributed by atoms with Gasteiger partial charge in [-0.2, -0.15) is 0 Å². The van der Waals surface area contributed by atoms with E-state index in [9.17, 15) is 0 Å². The van der Waals surface area contributed by atoms with E-state index in [1.54, 1.807) is 11.8 Å². The summed E-state index contributed by atoms with van der Waals surface area (Å²) < 4.78 is 5.25. The highest BCUT2D eigenvalue weighted by Crippen LogP contribution is 2.21. The second kappa shape index (κ2) is 5.00. The normalized spacial score (nSPS) is 10.4. The number of nitrogens with one attached hydrogen (secondary N) is 1. The molecule has 3 N–H and O–H groups in total. The van der Waals surface area contributed by atoms with E-state index in [0.717, 1.165) is 5.69 Å². The molecule has 0 spiro atoms.